The summed E-state index contributed by atoms with van der Waals surface area (Å²) in [4.78, 5) is 41.7. The molecule has 7 heteroatoms. The van der Waals surface area contributed by atoms with E-state index in [-0.39, 0.29) is 30.0 Å². The van der Waals surface area contributed by atoms with Gasteiger partial charge in [-0.05, 0) is 37.1 Å². The molecule has 34 heavy (non-hydrogen) atoms. The minimum Gasteiger partial charge on any atom is -0.354 e. The van der Waals surface area contributed by atoms with Crippen molar-refractivity contribution in [2.75, 3.05) is 28.6 Å². The third kappa shape index (κ3) is 3.76. The minimum atomic E-state index is -1.20. The van der Waals surface area contributed by atoms with Crippen LogP contribution in [0.3, 0.4) is 0 Å². The summed E-state index contributed by atoms with van der Waals surface area (Å²) in [7, 11) is 0. The summed E-state index contributed by atoms with van der Waals surface area (Å²) in [5.74, 6) is -0.410. The summed E-state index contributed by atoms with van der Waals surface area (Å²) in [6.07, 6.45) is 0.715. The van der Waals surface area contributed by atoms with Gasteiger partial charge in [0, 0.05) is 17.8 Å². The summed E-state index contributed by atoms with van der Waals surface area (Å²) in [6.45, 7) is 2.37. The summed E-state index contributed by atoms with van der Waals surface area (Å²) in [5, 5.41) is 2.93. The lowest BCUT2D eigenvalue weighted by atomic mass is 10.0. The van der Waals surface area contributed by atoms with Crippen molar-refractivity contribution in [3.05, 3.63) is 95.6 Å². The Balaban J connectivity index is 1.40. The quantitative estimate of drug-likeness (QED) is 0.596. The van der Waals surface area contributed by atoms with Gasteiger partial charge >= 0.3 is 0 Å². The van der Waals surface area contributed by atoms with E-state index in [0.717, 1.165) is 16.7 Å². The van der Waals surface area contributed by atoms with Gasteiger partial charge in [-0.3, -0.25) is 24.2 Å². The van der Waals surface area contributed by atoms with E-state index in [9.17, 15) is 14.4 Å². The van der Waals surface area contributed by atoms with Crippen LogP contribution in [-0.2, 0) is 25.7 Å². The number of thioether (sulfide) groups is 1. The van der Waals surface area contributed by atoms with Crippen LogP contribution in [0.25, 0.3) is 0 Å². The van der Waals surface area contributed by atoms with Gasteiger partial charge in [0.25, 0.3) is 5.91 Å². The fourth-order valence-corrected chi connectivity index (χ4v) is 5.96. The molecule has 0 saturated carbocycles. The van der Waals surface area contributed by atoms with Crippen LogP contribution in [-0.4, -0.2) is 36.6 Å². The Bertz CT molecular complexity index is 1250. The maximum Gasteiger partial charge on any atom is 0.269 e. The minimum absolute atomic E-state index is 0.0944. The smallest absolute Gasteiger partial charge is 0.269 e. The Kier molecular flexibility index (Phi) is 5.87. The first-order valence-electron chi connectivity index (χ1n) is 11.3. The highest BCUT2D eigenvalue weighted by molar-refractivity contribution is 8.02. The Morgan fingerprint density at radius 2 is 1.68 bits per heavy atom. The van der Waals surface area contributed by atoms with Crippen LogP contribution in [0.5, 0.6) is 0 Å². The molecule has 0 aromatic heterocycles. The molecule has 0 radical (unpaired) electrons. The lowest BCUT2D eigenvalue weighted by molar-refractivity contribution is -0.125. The zero-order valence-electron chi connectivity index (χ0n) is 18.9. The molecule has 5 rings (SSSR count). The van der Waals surface area contributed by atoms with Gasteiger partial charge in [0.05, 0.1) is 11.4 Å². The molecule has 2 aliphatic heterocycles. The molecule has 0 bridgehead atoms. The zero-order valence-corrected chi connectivity index (χ0v) is 19.7. The second-order valence-corrected chi connectivity index (χ2v) is 9.66. The summed E-state index contributed by atoms with van der Waals surface area (Å²) >= 11 is 1.32. The first-order chi connectivity index (χ1) is 16.5. The van der Waals surface area contributed by atoms with Crippen molar-refractivity contribution in [3.63, 3.8) is 0 Å². The second kappa shape index (κ2) is 8.99. The van der Waals surface area contributed by atoms with Crippen molar-refractivity contribution in [2.24, 2.45) is 0 Å². The van der Waals surface area contributed by atoms with Gasteiger partial charge in [-0.1, -0.05) is 66.2 Å². The van der Waals surface area contributed by atoms with Crippen molar-refractivity contribution in [1.82, 2.24) is 5.32 Å². The van der Waals surface area contributed by atoms with Crippen LogP contribution in [0.15, 0.2) is 78.9 Å². The number of benzene rings is 3. The maximum absolute atomic E-state index is 13.9. The van der Waals surface area contributed by atoms with Crippen LogP contribution < -0.4 is 15.1 Å². The first-order valence-corrected chi connectivity index (χ1v) is 12.2. The highest BCUT2D eigenvalue weighted by atomic mass is 32.2. The van der Waals surface area contributed by atoms with E-state index in [2.05, 4.69) is 5.32 Å². The Hall–Kier alpha value is -3.58. The SMILES string of the molecule is Cc1ccc(N2C(=O)CSC23C(=O)N(CC(=O)NCCc2ccccc2)c2ccccc23)cc1. The third-order valence-electron chi connectivity index (χ3n) is 6.24. The topological polar surface area (TPSA) is 69.7 Å². The molecule has 1 saturated heterocycles. The molecule has 2 heterocycles. The molecule has 1 fully saturated rings. The van der Waals surface area contributed by atoms with Crippen LogP contribution in [0.2, 0.25) is 0 Å². The van der Waals surface area contributed by atoms with E-state index in [0.29, 0.717) is 24.3 Å². The number of anilines is 2. The lowest BCUT2D eigenvalue weighted by Gasteiger charge is -2.33. The first kappa shape index (κ1) is 22.2. The number of carbonyl (C=O) groups excluding carboxylic acids is 3. The molecule has 172 valence electrons. The number of para-hydroxylation sites is 1. The van der Waals surface area contributed by atoms with E-state index < -0.39 is 4.87 Å². The Morgan fingerprint density at radius 3 is 2.44 bits per heavy atom. The fourth-order valence-electron chi connectivity index (χ4n) is 4.60. The van der Waals surface area contributed by atoms with Gasteiger partial charge in [-0.2, -0.15) is 0 Å². The van der Waals surface area contributed by atoms with Crippen molar-refractivity contribution >= 4 is 40.9 Å². The van der Waals surface area contributed by atoms with Crippen LogP contribution in [0.4, 0.5) is 11.4 Å². The van der Waals surface area contributed by atoms with Crippen molar-refractivity contribution in [2.45, 2.75) is 18.2 Å². The molecule has 2 aliphatic rings. The average Bonchev–Trinajstić information content (AvgIpc) is 3.31. The molecule has 3 amide bonds. The number of rotatable bonds is 6. The van der Waals surface area contributed by atoms with E-state index in [1.54, 1.807) is 4.90 Å². The molecule has 1 spiro atoms. The van der Waals surface area contributed by atoms with Crippen molar-refractivity contribution in [1.29, 1.82) is 0 Å². The summed E-state index contributed by atoms with van der Waals surface area (Å²) < 4.78 is 0. The number of aryl methyl sites for hydroxylation is 1. The fraction of sp³-hybridized carbons (Fsp3) is 0.222. The lowest BCUT2D eigenvalue weighted by Crippen LogP contribution is -2.51. The second-order valence-electron chi connectivity index (χ2n) is 8.49. The van der Waals surface area contributed by atoms with Gasteiger partial charge in [-0.15, -0.1) is 11.8 Å². The number of nitrogens with one attached hydrogen (secondary N) is 1. The Labute approximate surface area is 202 Å². The summed E-state index contributed by atoms with van der Waals surface area (Å²) in [6, 6.07) is 25.0. The van der Waals surface area contributed by atoms with Gasteiger partial charge in [-0.25, -0.2) is 0 Å². The maximum atomic E-state index is 13.9. The van der Waals surface area contributed by atoms with E-state index in [4.69, 9.17) is 0 Å². The standard InChI is InChI=1S/C27H25N3O3S/c1-19-11-13-21(14-12-19)30-25(32)18-34-27(30)22-9-5-6-10-23(22)29(26(27)33)17-24(31)28-16-15-20-7-3-2-4-8-20/h2-14H,15-18H2,1H3,(H,28,31). The van der Waals surface area contributed by atoms with Crippen LogP contribution >= 0.6 is 11.8 Å². The number of hydrogen-bond donors (Lipinski definition) is 1. The molecule has 1 atom stereocenters. The largest absolute Gasteiger partial charge is 0.354 e. The third-order valence-corrected chi connectivity index (χ3v) is 7.62. The highest BCUT2D eigenvalue weighted by Crippen LogP contribution is 2.55. The number of amides is 3. The molecule has 0 aliphatic carbocycles. The highest BCUT2D eigenvalue weighted by Gasteiger charge is 2.61. The van der Waals surface area contributed by atoms with E-state index in [1.807, 2.05) is 85.8 Å². The molecule has 1 N–H and O–H groups in total. The van der Waals surface area contributed by atoms with Crippen LogP contribution in [0, 0.1) is 6.92 Å². The number of carbonyl (C=O) groups is 3. The number of hydrogen-bond acceptors (Lipinski definition) is 4. The van der Waals surface area contributed by atoms with Crippen LogP contribution in [0.1, 0.15) is 16.7 Å². The molecule has 3 aromatic carbocycles. The zero-order chi connectivity index (χ0) is 23.7. The monoisotopic (exact) mass is 471 g/mol. The predicted molar refractivity (Wildman–Crippen MR) is 135 cm³/mol. The predicted octanol–water partition coefficient (Wildman–Crippen LogP) is 3.63. The normalized spacial score (nSPS) is 19.1. The van der Waals surface area contributed by atoms with E-state index in [1.165, 1.54) is 16.7 Å². The van der Waals surface area contributed by atoms with Gasteiger partial charge in [0.2, 0.25) is 16.7 Å². The van der Waals surface area contributed by atoms with E-state index >= 15 is 0 Å². The number of nitrogens with zero attached hydrogens (tertiary/aromatic N) is 2. The molecule has 1 unspecified atom stereocenters. The molecule has 6 nitrogen and oxygen atoms in total. The molecular formula is C27H25N3O3S. The Morgan fingerprint density at radius 1 is 0.971 bits per heavy atom. The number of fused-ring (bicyclic) bond motifs is 2. The van der Waals surface area contributed by atoms with Gasteiger partial charge in [0.1, 0.15) is 6.54 Å². The van der Waals surface area contributed by atoms with Gasteiger partial charge < -0.3 is 5.32 Å². The molecule has 3 aromatic rings. The van der Waals surface area contributed by atoms with Crippen molar-refractivity contribution in [3.8, 4) is 0 Å². The average molecular weight is 472 g/mol. The van der Waals surface area contributed by atoms with Gasteiger partial charge in [0.15, 0.2) is 0 Å². The summed E-state index contributed by atoms with van der Waals surface area (Å²) in [5.41, 5.74) is 4.31. The molecular weight excluding hydrogens is 446 g/mol. The van der Waals surface area contributed by atoms with Crippen molar-refractivity contribution < 1.29 is 14.4 Å².